The Morgan fingerprint density at radius 3 is 2.43 bits per heavy atom. The first kappa shape index (κ1) is 17.0. The number of hydrogen-bond acceptors (Lipinski definition) is 3. The van der Waals surface area contributed by atoms with Crippen molar-refractivity contribution in [2.45, 2.75) is 38.6 Å². The summed E-state index contributed by atoms with van der Waals surface area (Å²) in [6, 6.07) is 0.595. The van der Waals surface area contributed by atoms with Crippen molar-refractivity contribution in [2.24, 2.45) is 5.92 Å². The molecule has 1 aliphatic heterocycles. The van der Waals surface area contributed by atoms with Crippen LogP contribution in [0.5, 0.6) is 0 Å². The summed E-state index contributed by atoms with van der Waals surface area (Å²) in [6.45, 7) is 9.08. The van der Waals surface area contributed by atoms with E-state index in [4.69, 9.17) is 12.2 Å². The monoisotopic (exact) mass is 312 g/mol. The molecular formula is C16H32N4S. The predicted molar refractivity (Wildman–Crippen MR) is 93.7 cm³/mol. The highest BCUT2D eigenvalue weighted by atomic mass is 32.1. The summed E-state index contributed by atoms with van der Waals surface area (Å²) >= 11 is 5.64. The minimum atomic E-state index is 0.595. The van der Waals surface area contributed by atoms with Crippen molar-refractivity contribution < 1.29 is 0 Å². The first-order chi connectivity index (χ1) is 10.1. The maximum absolute atomic E-state index is 5.64. The van der Waals surface area contributed by atoms with Crippen LogP contribution in [0.4, 0.5) is 0 Å². The third kappa shape index (κ3) is 5.38. The fraction of sp³-hybridized carbons (Fsp3) is 0.938. The fourth-order valence-electron chi connectivity index (χ4n) is 3.30. The molecule has 2 fully saturated rings. The summed E-state index contributed by atoms with van der Waals surface area (Å²) in [5.41, 5.74) is 0. The molecular weight excluding hydrogens is 280 g/mol. The maximum Gasteiger partial charge on any atom is 0.169 e. The van der Waals surface area contributed by atoms with Gasteiger partial charge < -0.3 is 15.1 Å². The Morgan fingerprint density at radius 1 is 1.14 bits per heavy atom. The minimum Gasteiger partial charge on any atom is -0.360 e. The van der Waals surface area contributed by atoms with Crippen LogP contribution in [0.3, 0.4) is 0 Å². The minimum absolute atomic E-state index is 0.595. The Balaban J connectivity index is 1.70. The largest absolute Gasteiger partial charge is 0.360 e. The molecule has 2 atom stereocenters. The molecule has 1 N–H and O–H groups in total. The van der Waals surface area contributed by atoms with E-state index in [2.05, 4.69) is 41.0 Å². The topological polar surface area (TPSA) is 21.8 Å². The molecule has 0 spiro atoms. The van der Waals surface area contributed by atoms with Crippen molar-refractivity contribution in [1.82, 2.24) is 20.0 Å². The highest BCUT2D eigenvalue weighted by Gasteiger charge is 2.24. The van der Waals surface area contributed by atoms with E-state index in [0.29, 0.717) is 6.04 Å². The molecule has 1 aliphatic carbocycles. The third-order valence-corrected chi connectivity index (χ3v) is 5.32. The molecule has 0 radical (unpaired) electrons. The van der Waals surface area contributed by atoms with E-state index in [1.165, 1.54) is 32.2 Å². The van der Waals surface area contributed by atoms with Crippen LogP contribution in [0.1, 0.15) is 32.6 Å². The van der Waals surface area contributed by atoms with E-state index in [1.807, 2.05) is 0 Å². The second kappa shape index (κ2) is 8.30. The number of thiocarbonyl (C=S) groups is 1. The molecule has 5 heteroatoms. The van der Waals surface area contributed by atoms with Crippen LogP contribution in [0, 0.1) is 5.92 Å². The Kier molecular flexibility index (Phi) is 6.71. The van der Waals surface area contributed by atoms with Gasteiger partial charge in [-0.3, -0.25) is 4.90 Å². The molecule has 0 aromatic carbocycles. The molecule has 0 bridgehead atoms. The molecule has 2 rings (SSSR count). The summed E-state index contributed by atoms with van der Waals surface area (Å²) in [7, 11) is 4.28. The lowest BCUT2D eigenvalue weighted by molar-refractivity contribution is 0.166. The van der Waals surface area contributed by atoms with Crippen molar-refractivity contribution in [1.29, 1.82) is 0 Å². The Hall–Kier alpha value is -0.390. The lowest BCUT2D eigenvalue weighted by atomic mass is 9.86. The zero-order chi connectivity index (χ0) is 15.2. The lowest BCUT2D eigenvalue weighted by Gasteiger charge is -2.39. The Labute approximate surface area is 135 Å². The van der Waals surface area contributed by atoms with Gasteiger partial charge in [-0.05, 0) is 45.1 Å². The zero-order valence-electron chi connectivity index (χ0n) is 14.0. The van der Waals surface area contributed by atoms with Gasteiger partial charge in [-0.15, -0.1) is 0 Å². The van der Waals surface area contributed by atoms with E-state index in [1.54, 1.807) is 0 Å². The highest BCUT2D eigenvalue weighted by molar-refractivity contribution is 7.80. The molecule has 2 unspecified atom stereocenters. The number of likely N-dealkylation sites (N-methyl/N-ethyl adjacent to an activating group) is 1. The maximum atomic E-state index is 5.64. The fourth-order valence-corrected chi connectivity index (χ4v) is 3.63. The van der Waals surface area contributed by atoms with Crippen molar-refractivity contribution in [3.8, 4) is 0 Å². The van der Waals surface area contributed by atoms with E-state index in [0.717, 1.165) is 43.8 Å². The van der Waals surface area contributed by atoms with Gasteiger partial charge in [-0.25, -0.2) is 0 Å². The Morgan fingerprint density at radius 2 is 1.81 bits per heavy atom. The molecule has 0 amide bonds. The molecule has 4 nitrogen and oxygen atoms in total. The van der Waals surface area contributed by atoms with Gasteiger partial charge in [-0.1, -0.05) is 19.8 Å². The van der Waals surface area contributed by atoms with Crippen molar-refractivity contribution in [2.75, 3.05) is 53.4 Å². The summed E-state index contributed by atoms with van der Waals surface area (Å²) in [5.74, 6) is 0.762. The van der Waals surface area contributed by atoms with Gasteiger partial charge in [0.15, 0.2) is 5.11 Å². The van der Waals surface area contributed by atoms with Gasteiger partial charge in [0.2, 0.25) is 0 Å². The highest BCUT2D eigenvalue weighted by Crippen LogP contribution is 2.23. The number of hydrogen-bond donors (Lipinski definition) is 1. The van der Waals surface area contributed by atoms with Crippen molar-refractivity contribution in [3.63, 3.8) is 0 Å². The number of piperazine rings is 1. The predicted octanol–water partition coefficient (Wildman–Crippen LogP) is 1.62. The van der Waals surface area contributed by atoms with Crippen LogP contribution in [0.15, 0.2) is 0 Å². The van der Waals surface area contributed by atoms with Gasteiger partial charge in [0.05, 0.1) is 0 Å². The third-order valence-electron chi connectivity index (χ3n) is 4.94. The summed E-state index contributed by atoms with van der Waals surface area (Å²) < 4.78 is 0. The van der Waals surface area contributed by atoms with Gasteiger partial charge in [0.25, 0.3) is 0 Å². The van der Waals surface area contributed by atoms with E-state index >= 15 is 0 Å². The van der Waals surface area contributed by atoms with Crippen LogP contribution in [-0.4, -0.2) is 79.2 Å². The SMILES string of the molecule is CC1CCCCC1NC(=S)N1CCN(CCN(C)C)CC1. The smallest absolute Gasteiger partial charge is 0.169 e. The second-order valence-corrected chi connectivity index (χ2v) is 7.34. The molecule has 122 valence electrons. The molecule has 2 aliphatic rings. The van der Waals surface area contributed by atoms with E-state index in [9.17, 15) is 0 Å². The summed E-state index contributed by atoms with van der Waals surface area (Å²) in [6.07, 6.45) is 5.36. The van der Waals surface area contributed by atoms with E-state index in [-0.39, 0.29) is 0 Å². The molecule has 1 saturated heterocycles. The van der Waals surface area contributed by atoms with Crippen molar-refractivity contribution >= 4 is 17.3 Å². The van der Waals surface area contributed by atoms with Crippen LogP contribution in [0.2, 0.25) is 0 Å². The normalized spacial score (nSPS) is 27.9. The molecule has 0 aromatic rings. The van der Waals surface area contributed by atoms with Gasteiger partial charge in [0, 0.05) is 45.3 Å². The van der Waals surface area contributed by atoms with E-state index < -0.39 is 0 Å². The Bertz CT molecular complexity index is 326. The summed E-state index contributed by atoms with van der Waals surface area (Å²) in [4.78, 5) is 7.16. The van der Waals surface area contributed by atoms with Crippen LogP contribution in [-0.2, 0) is 0 Å². The summed E-state index contributed by atoms with van der Waals surface area (Å²) in [5, 5.41) is 4.62. The standard InChI is InChI=1S/C16H32N4S/c1-14-6-4-5-7-15(14)17-16(21)20-12-10-19(11-13-20)9-8-18(2)3/h14-15H,4-13H2,1-3H3,(H,17,21). The van der Waals surface area contributed by atoms with Crippen LogP contribution >= 0.6 is 12.2 Å². The van der Waals surface area contributed by atoms with Crippen LogP contribution in [0.25, 0.3) is 0 Å². The molecule has 1 heterocycles. The van der Waals surface area contributed by atoms with Crippen LogP contribution < -0.4 is 5.32 Å². The molecule has 21 heavy (non-hydrogen) atoms. The number of rotatable bonds is 4. The first-order valence-electron chi connectivity index (χ1n) is 8.49. The zero-order valence-corrected chi connectivity index (χ0v) is 14.8. The first-order valence-corrected chi connectivity index (χ1v) is 8.89. The van der Waals surface area contributed by atoms with Gasteiger partial charge in [0.1, 0.15) is 0 Å². The average Bonchev–Trinajstić information content (AvgIpc) is 2.48. The van der Waals surface area contributed by atoms with Gasteiger partial charge in [-0.2, -0.15) is 0 Å². The molecule has 1 saturated carbocycles. The van der Waals surface area contributed by atoms with Gasteiger partial charge >= 0.3 is 0 Å². The second-order valence-electron chi connectivity index (χ2n) is 6.95. The number of nitrogens with zero attached hydrogens (tertiary/aromatic N) is 3. The average molecular weight is 313 g/mol. The molecule has 0 aromatic heterocycles. The lowest BCUT2D eigenvalue weighted by Crippen LogP contribution is -2.55. The van der Waals surface area contributed by atoms with Crippen molar-refractivity contribution in [3.05, 3.63) is 0 Å². The number of nitrogens with one attached hydrogen (secondary N) is 1. The quantitative estimate of drug-likeness (QED) is 0.794.